The van der Waals surface area contributed by atoms with Gasteiger partial charge in [0.1, 0.15) is 10.6 Å². The molecule has 0 aliphatic carbocycles. The Morgan fingerprint density at radius 1 is 1.50 bits per heavy atom. The molecule has 1 aromatic carbocycles. The number of hydrogen-bond donors (Lipinski definition) is 0. The number of methoxy groups -OCH3 is 1. The van der Waals surface area contributed by atoms with Crippen LogP contribution in [-0.2, 0) is 20.6 Å². The highest BCUT2D eigenvalue weighted by atomic mass is 35.5. The zero-order valence-electron chi connectivity index (χ0n) is 11.5. The zero-order chi connectivity index (χ0) is 14.8. The van der Waals surface area contributed by atoms with Gasteiger partial charge in [0.25, 0.3) is 0 Å². The maximum atomic E-state index is 12.7. The molecular weight excluding hydrogens is 302 g/mol. The quantitative estimate of drug-likeness (QED) is 0.777. The first kappa shape index (κ1) is 15.6. The highest BCUT2D eigenvalue weighted by Gasteiger charge is 2.32. The Kier molecular flexibility index (Phi) is 4.90. The molecule has 0 amide bonds. The number of hydrogen-bond acceptors (Lipinski definition) is 4. The Hall–Kier alpha value is -0.820. The van der Waals surface area contributed by atoms with E-state index in [1.165, 1.54) is 17.5 Å². The Bertz CT molecular complexity index is 570. The molecule has 20 heavy (non-hydrogen) atoms. The molecule has 5 nitrogen and oxygen atoms in total. The summed E-state index contributed by atoms with van der Waals surface area (Å²) >= 11 is 5.76. The number of sulfonamides is 1. The van der Waals surface area contributed by atoms with E-state index in [1.807, 2.05) is 0 Å². The van der Waals surface area contributed by atoms with Crippen molar-refractivity contribution >= 4 is 21.6 Å². The van der Waals surface area contributed by atoms with E-state index in [4.69, 9.17) is 21.1 Å². The first-order chi connectivity index (χ1) is 9.50. The van der Waals surface area contributed by atoms with Gasteiger partial charge in [-0.3, -0.25) is 0 Å². The van der Waals surface area contributed by atoms with E-state index in [0.717, 1.165) is 5.56 Å². The van der Waals surface area contributed by atoms with Gasteiger partial charge in [-0.25, -0.2) is 8.42 Å². The van der Waals surface area contributed by atoms with Crippen LogP contribution in [0.15, 0.2) is 23.1 Å². The minimum absolute atomic E-state index is 0.127. The molecular formula is C13H18ClNO4S. The SMILES string of the molecule is COc1cc(CCl)ccc1S(=O)(=O)N(C)C1CCOC1. The number of alkyl halides is 1. The molecule has 1 saturated heterocycles. The molecule has 0 N–H and O–H groups in total. The molecule has 0 spiro atoms. The Morgan fingerprint density at radius 3 is 2.80 bits per heavy atom. The highest BCUT2D eigenvalue weighted by molar-refractivity contribution is 7.89. The Balaban J connectivity index is 2.37. The lowest BCUT2D eigenvalue weighted by Crippen LogP contribution is -2.37. The third-order valence-electron chi connectivity index (χ3n) is 3.46. The van der Waals surface area contributed by atoms with Gasteiger partial charge in [-0.05, 0) is 24.1 Å². The highest BCUT2D eigenvalue weighted by Crippen LogP contribution is 2.29. The lowest BCUT2D eigenvalue weighted by atomic mass is 10.2. The van der Waals surface area contributed by atoms with E-state index in [0.29, 0.717) is 31.3 Å². The minimum atomic E-state index is -3.60. The summed E-state index contributed by atoms with van der Waals surface area (Å²) in [6, 6.07) is 4.76. The van der Waals surface area contributed by atoms with Crippen LogP contribution in [0.25, 0.3) is 0 Å². The molecule has 1 aromatic rings. The molecule has 0 aromatic heterocycles. The van der Waals surface area contributed by atoms with E-state index in [1.54, 1.807) is 19.2 Å². The summed E-state index contributed by atoms with van der Waals surface area (Å²) in [6.45, 7) is 1.02. The minimum Gasteiger partial charge on any atom is -0.495 e. The molecule has 2 rings (SSSR count). The number of benzene rings is 1. The maximum absolute atomic E-state index is 12.7. The van der Waals surface area contributed by atoms with Crippen molar-refractivity contribution in [2.45, 2.75) is 23.2 Å². The van der Waals surface area contributed by atoms with Crippen molar-refractivity contribution in [1.82, 2.24) is 4.31 Å². The van der Waals surface area contributed by atoms with Gasteiger partial charge in [0.05, 0.1) is 19.8 Å². The van der Waals surface area contributed by atoms with Crippen LogP contribution in [0, 0.1) is 0 Å². The van der Waals surface area contributed by atoms with Gasteiger partial charge in [-0.2, -0.15) is 4.31 Å². The monoisotopic (exact) mass is 319 g/mol. The number of likely N-dealkylation sites (N-methyl/N-ethyl adjacent to an activating group) is 1. The van der Waals surface area contributed by atoms with E-state index >= 15 is 0 Å². The van der Waals surface area contributed by atoms with Gasteiger partial charge in [-0.1, -0.05) is 6.07 Å². The summed E-state index contributed by atoms with van der Waals surface area (Å²) in [5, 5.41) is 0. The summed E-state index contributed by atoms with van der Waals surface area (Å²) < 4.78 is 37.1. The smallest absolute Gasteiger partial charge is 0.246 e. The molecule has 1 aliphatic rings. The first-order valence-electron chi connectivity index (χ1n) is 6.29. The second-order valence-corrected chi connectivity index (χ2v) is 6.89. The lowest BCUT2D eigenvalue weighted by molar-refractivity contribution is 0.180. The molecule has 0 saturated carbocycles. The molecule has 1 aliphatic heterocycles. The van der Waals surface area contributed by atoms with E-state index < -0.39 is 10.0 Å². The van der Waals surface area contributed by atoms with Crippen LogP contribution < -0.4 is 4.74 Å². The average Bonchev–Trinajstić information content (AvgIpc) is 2.99. The fourth-order valence-electron chi connectivity index (χ4n) is 2.17. The lowest BCUT2D eigenvalue weighted by Gasteiger charge is -2.23. The van der Waals surface area contributed by atoms with Gasteiger partial charge in [0.2, 0.25) is 10.0 Å². The van der Waals surface area contributed by atoms with Crippen LogP contribution in [0.5, 0.6) is 5.75 Å². The van der Waals surface area contributed by atoms with Crippen molar-refractivity contribution in [3.8, 4) is 5.75 Å². The van der Waals surface area contributed by atoms with Gasteiger partial charge in [0.15, 0.2) is 0 Å². The van der Waals surface area contributed by atoms with Crippen molar-refractivity contribution in [3.63, 3.8) is 0 Å². The van der Waals surface area contributed by atoms with Crippen molar-refractivity contribution in [3.05, 3.63) is 23.8 Å². The van der Waals surface area contributed by atoms with E-state index in [-0.39, 0.29) is 10.9 Å². The second kappa shape index (κ2) is 6.30. The molecule has 0 bridgehead atoms. The molecule has 112 valence electrons. The summed E-state index contributed by atoms with van der Waals surface area (Å²) in [5.74, 6) is 0.622. The standard InChI is InChI=1S/C13H18ClNO4S/c1-15(11-5-6-19-9-11)20(16,17)13-4-3-10(8-14)7-12(13)18-2/h3-4,7,11H,5-6,8-9H2,1-2H3. The third kappa shape index (κ3) is 2.93. The Labute approximate surface area is 124 Å². The van der Waals surface area contributed by atoms with Crippen molar-refractivity contribution in [1.29, 1.82) is 0 Å². The van der Waals surface area contributed by atoms with Gasteiger partial charge in [0, 0.05) is 19.5 Å². The summed E-state index contributed by atoms with van der Waals surface area (Å²) in [5.41, 5.74) is 0.814. The molecule has 1 atom stereocenters. The van der Waals surface area contributed by atoms with Crippen molar-refractivity contribution < 1.29 is 17.9 Å². The normalized spacial score (nSPS) is 19.5. The van der Waals surface area contributed by atoms with Crippen LogP contribution in [-0.4, -0.2) is 46.1 Å². The topological polar surface area (TPSA) is 55.8 Å². The van der Waals surface area contributed by atoms with Crippen molar-refractivity contribution in [2.75, 3.05) is 27.4 Å². The average molecular weight is 320 g/mol. The molecule has 1 heterocycles. The number of halogens is 1. The maximum Gasteiger partial charge on any atom is 0.246 e. The van der Waals surface area contributed by atoms with Crippen LogP contribution >= 0.6 is 11.6 Å². The van der Waals surface area contributed by atoms with Gasteiger partial charge < -0.3 is 9.47 Å². The summed E-state index contributed by atoms with van der Waals surface area (Å²) in [6.07, 6.45) is 0.706. The van der Waals surface area contributed by atoms with Crippen LogP contribution in [0.3, 0.4) is 0 Å². The summed E-state index contributed by atoms with van der Waals surface area (Å²) in [7, 11) is -0.582. The van der Waals surface area contributed by atoms with E-state index in [9.17, 15) is 8.42 Å². The van der Waals surface area contributed by atoms with Crippen LogP contribution in [0.2, 0.25) is 0 Å². The summed E-state index contributed by atoms with van der Waals surface area (Å²) in [4.78, 5) is 0.156. The molecule has 7 heteroatoms. The number of rotatable bonds is 5. The molecule has 0 radical (unpaired) electrons. The fraction of sp³-hybridized carbons (Fsp3) is 0.538. The largest absolute Gasteiger partial charge is 0.495 e. The second-order valence-electron chi connectivity index (χ2n) is 4.66. The van der Waals surface area contributed by atoms with Crippen LogP contribution in [0.1, 0.15) is 12.0 Å². The predicted octanol–water partition coefficient (Wildman–Crippen LogP) is 1.84. The predicted molar refractivity (Wildman–Crippen MR) is 76.7 cm³/mol. The van der Waals surface area contributed by atoms with Gasteiger partial charge in [-0.15, -0.1) is 11.6 Å². The van der Waals surface area contributed by atoms with Crippen LogP contribution in [0.4, 0.5) is 0 Å². The van der Waals surface area contributed by atoms with E-state index in [2.05, 4.69) is 0 Å². The zero-order valence-corrected chi connectivity index (χ0v) is 13.1. The molecule has 1 fully saturated rings. The fourth-order valence-corrected chi connectivity index (χ4v) is 3.84. The number of ether oxygens (including phenoxy) is 2. The van der Waals surface area contributed by atoms with Crippen molar-refractivity contribution in [2.24, 2.45) is 0 Å². The first-order valence-corrected chi connectivity index (χ1v) is 8.27. The molecule has 1 unspecified atom stereocenters. The number of nitrogens with zero attached hydrogens (tertiary/aromatic N) is 1. The Morgan fingerprint density at radius 2 is 2.25 bits per heavy atom. The van der Waals surface area contributed by atoms with Gasteiger partial charge >= 0.3 is 0 Å². The third-order valence-corrected chi connectivity index (χ3v) is 5.72.